The highest BCUT2D eigenvalue weighted by atomic mass is 35.5. The Hall–Kier alpha value is -1.33. The Kier molecular flexibility index (Phi) is 3.73. The first kappa shape index (κ1) is 13.1. The van der Waals surface area contributed by atoms with Crippen molar-refractivity contribution in [3.05, 3.63) is 39.1 Å². The third kappa shape index (κ3) is 2.42. The minimum atomic E-state index is -0.485. The zero-order chi connectivity index (χ0) is 13.3. The van der Waals surface area contributed by atoms with Gasteiger partial charge in [0.2, 0.25) is 0 Å². The van der Waals surface area contributed by atoms with Gasteiger partial charge in [0, 0.05) is 11.9 Å². The molecule has 0 spiro atoms. The number of nitrogens with two attached hydrogens (primary N) is 1. The zero-order valence-corrected chi connectivity index (χ0v) is 11.6. The number of halogens is 2. The predicted octanol–water partition coefficient (Wildman–Crippen LogP) is 3.46. The molecule has 6 heteroatoms. The molecule has 0 saturated heterocycles. The van der Waals surface area contributed by atoms with Crippen LogP contribution in [-0.4, -0.2) is 12.0 Å². The van der Waals surface area contributed by atoms with Crippen molar-refractivity contribution in [2.45, 2.75) is 13.5 Å². The van der Waals surface area contributed by atoms with Gasteiger partial charge in [-0.2, -0.15) is 0 Å². The van der Waals surface area contributed by atoms with Crippen molar-refractivity contribution in [3.63, 3.8) is 0 Å². The minimum absolute atomic E-state index is 0.0760. The summed E-state index contributed by atoms with van der Waals surface area (Å²) in [7, 11) is 1.78. The third-order valence-electron chi connectivity index (χ3n) is 2.71. The first-order valence-electron chi connectivity index (χ1n) is 5.34. The normalized spacial score (nSPS) is 10.7. The van der Waals surface area contributed by atoms with Gasteiger partial charge in [-0.1, -0.05) is 11.6 Å². The van der Waals surface area contributed by atoms with E-state index in [-0.39, 0.29) is 5.02 Å². The van der Waals surface area contributed by atoms with Gasteiger partial charge in [-0.15, -0.1) is 11.3 Å². The zero-order valence-electron chi connectivity index (χ0n) is 10.1. The molecule has 18 heavy (non-hydrogen) atoms. The van der Waals surface area contributed by atoms with Gasteiger partial charge in [0.15, 0.2) is 5.82 Å². The van der Waals surface area contributed by atoms with Crippen LogP contribution >= 0.6 is 22.9 Å². The summed E-state index contributed by atoms with van der Waals surface area (Å²) in [5, 5.41) is 0.0760. The molecule has 96 valence electrons. The van der Waals surface area contributed by atoms with Crippen molar-refractivity contribution in [3.8, 4) is 0 Å². The molecule has 0 saturated carbocycles. The van der Waals surface area contributed by atoms with Gasteiger partial charge in [-0.05, 0) is 19.1 Å². The van der Waals surface area contributed by atoms with Gasteiger partial charge in [0.1, 0.15) is 0 Å². The quantitative estimate of drug-likeness (QED) is 0.878. The number of nitrogens with zero attached hydrogens (tertiary/aromatic N) is 2. The number of hydrogen-bond donors (Lipinski definition) is 1. The van der Waals surface area contributed by atoms with E-state index in [1.807, 2.05) is 6.92 Å². The number of anilines is 2. The van der Waals surface area contributed by atoms with E-state index in [1.165, 1.54) is 17.4 Å². The molecule has 0 bridgehead atoms. The summed E-state index contributed by atoms with van der Waals surface area (Å²) >= 11 is 7.32. The summed E-state index contributed by atoms with van der Waals surface area (Å²) in [4.78, 5) is 6.99. The molecule has 0 amide bonds. The number of hydrogen-bond acceptors (Lipinski definition) is 4. The van der Waals surface area contributed by atoms with Gasteiger partial charge in [-0.25, -0.2) is 9.37 Å². The monoisotopic (exact) mass is 285 g/mol. The number of aryl methyl sites for hydroxylation is 1. The first-order chi connectivity index (χ1) is 8.50. The van der Waals surface area contributed by atoms with Crippen molar-refractivity contribution in [2.75, 3.05) is 17.7 Å². The Morgan fingerprint density at radius 1 is 1.50 bits per heavy atom. The maximum atomic E-state index is 14.0. The fourth-order valence-corrected chi connectivity index (χ4v) is 2.70. The second-order valence-corrected chi connectivity index (χ2v) is 5.36. The topological polar surface area (TPSA) is 42.2 Å². The van der Waals surface area contributed by atoms with Crippen molar-refractivity contribution in [2.24, 2.45) is 0 Å². The Labute approximate surface area is 114 Å². The molecule has 1 aromatic heterocycles. The second-order valence-electron chi connectivity index (χ2n) is 4.02. The summed E-state index contributed by atoms with van der Waals surface area (Å²) in [6.45, 7) is 2.48. The molecule has 2 N–H and O–H groups in total. The van der Waals surface area contributed by atoms with E-state index in [2.05, 4.69) is 4.98 Å². The van der Waals surface area contributed by atoms with Crippen LogP contribution in [0.3, 0.4) is 0 Å². The standard InChI is InChI=1S/C12H13ClFN3S/c1-7-10(18-6-16-7)5-17(2)12-9(15)4-3-8(13)11(12)14/h3-4,6H,5,15H2,1-2H3. The molecule has 0 atom stereocenters. The van der Waals surface area contributed by atoms with E-state index < -0.39 is 5.82 Å². The lowest BCUT2D eigenvalue weighted by atomic mass is 10.2. The van der Waals surface area contributed by atoms with Crippen LogP contribution in [0, 0.1) is 12.7 Å². The van der Waals surface area contributed by atoms with Crippen molar-refractivity contribution in [1.82, 2.24) is 4.98 Å². The minimum Gasteiger partial charge on any atom is -0.397 e. The summed E-state index contributed by atoms with van der Waals surface area (Å²) in [5.41, 5.74) is 9.24. The van der Waals surface area contributed by atoms with Crippen LogP contribution in [0.4, 0.5) is 15.8 Å². The molecule has 1 aromatic carbocycles. The van der Waals surface area contributed by atoms with Crippen LogP contribution in [0.15, 0.2) is 17.6 Å². The second kappa shape index (κ2) is 5.12. The number of nitrogen functional groups attached to an aromatic ring is 1. The highest BCUT2D eigenvalue weighted by molar-refractivity contribution is 7.09. The lowest BCUT2D eigenvalue weighted by Crippen LogP contribution is -2.19. The lowest BCUT2D eigenvalue weighted by molar-refractivity contribution is 0.623. The fraction of sp³-hybridized carbons (Fsp3) is 0.250. The Morgan fingerprint density at radius 2 is 2.22 bits per heavy atom. The summed E-state index contributed by atoms with van der Waals surface area (Å²) in [6.07, 6.45) is 0. The van der Waals surface area contributed by atoms with Gasteiger partial charge in [0.05, 0.1) is 34.1 Å². The third-order valence-corrected chi connectivity index (χ3v) is 3.92. The van der Waals surface area contributed by atoms with Crippen LogP contribution in [0.25, 0.3) is 0 Å². The summed E-state index contributed by atoms with van der Waals surface area (Å²) in [6, 6.07) is 3.07. The number of aromatic nitrogens is 1. The van der Waals surface area contributed by atoms with E-state index in [4.69, 9.17) is 17.3 Å². The van der Waals surface area contributed by atoms with Crippen LogP contribution in [0.2, 0.25) is 5.02 Å². The SMILES string of the molecule is Cc1ncsc1CN(C)c1c(N)ccc(Cl)c1F. The van der Waals surface area contributed by atoms with Crippen molar-refractivity contribution in [1.29, 1.82) is 0 Å². The maximum absolute atomic E-state index is 14.0. The summed E-state index contributed by atoms with van der Waals surface area (Å²) < 4.78 is 14.0. The van der Waals surface area contributed by atoms with Gasteiger partial charge >= 0.3 is 0 Å². The molecule has 0 radical (unpaired) electrons. The Morgan fingerprint density at radius 3 is 2.83 bits per heavy atom. The molecule has 2 aromatic rings. The van der Waals surface area contributed by atoms with Gasteiger partial charge < -0.3 is 10.6 Å². The van der Waals surface area contributed by atoms with E-state index in [1.54, 1.807) is 23.5 Å². The van der Waals surface area contributed by atoms with Crippen molar-refractivity contribution < 1.29 is 4.39 Å². The largest absolute Gasteiger partial charge is 0.397 e. The smallest absolute Gasteiger partial charge is 0.167 e. The molecule has 2 rings (SSSR count). The van der Waals surface area contributed by atoms with Crippen molar-refractivity contribution >= 4 is 34.3 Å². The molecule has 0 aliphatic rings. The molecule has 0 aliphatic carbocycles. The highest BCUT2D eigenvalue weighted by Gasteiger charge is 2.16. The number of benzene rings is 1. The average molecular weight is 286 g/mol. The van der Waals surface area contributed by atoms with E-state index >= 15 is 0 Å². The van der Waals surface area contributed by atoms with E-state index in [9.17, 15) is 4.39 Å². The Balaban J connectivity index is 2.32. The predicted molar refractivity (Wildman–Crippen MR) is 74.8 cm³/mol. The van der Waals surface area contributed by atoms with Crippen LogP contribution < -0.4 is 10.6 Å². The summed E-state index contributed by atoms with van der Waals surface area (Å²) in [5.74, 6) is -0.485. The molecule has 0 unspecified atom stereocenters. The van der Waals surface area contributed by atoms with Gasteiger partial charge in [0.25, 0.3) is 0 Å². The van der Waals surface area contributed by atoms with Crippen LogP contribution in [0.1, 0.15) is 10.6 Å². The van der Waals surface area contributed by atoms with Gasteiger partial charge in [-0.3, -0.25) is 0 Å². The molecule has 0 fully saturated rings. The molecule has 0 aliphatic heterocycles. The van der Waals surface area contributed by atoms with Crippen LogP contribution in [-0.2, 0) is 6.54 Å². The lowest BCUT2D eigenvalue weighted by Gasteiger charge is -2.21. The van der Waals surface area contributed by atoms with E-state index in [0.717, 1.165) is 10.6 Å². The fourth-order valence-electron chi connectivity index (χ4n) is 1.72. The molecule has 1 heterocycles. The maximum Gasteiger partial charge on any atom is 0.167 e. The Bertz CT molecular complexity index is 570. The van der Waals surface area contributed by atoms with Crippen LogP contribution in [0.5, 0.6) is 0 Å². The number of rotatable bonds is 3. The first-order valence-corrected chi connectivity index (χ1v) is 6.60. The molecular formula is C12H13ClFN3S. The molecule has 3 nitrogen and oxygen atoms in total. The number of thiazole rings is 1. The molecular weight excluding hydrogens is 273 g/mol. The highest BCUT2D eigenvalue weighted by Crippen LogP contribution is 2.32. The van der Waals surface area contributed by atoms with E-state index in [0.29, 0.717) is 17.9 Å². The average Bonchev–Trinajstić information content (AvgIpc) is 2.70.